The predicted octanol–water partition coefficient (Wildman–Crippen LogP) is 0.375. The maximum Gasteiger partial charge on any atom is 0.209 e. The molecule has 0 saturated heterocycles. The first-order valence-electron chi connectivity index (χ1n) is 2.76. The van der Waals surface area contributed by atoms with Crippen LogP contribution in [-0.2, 0) is 0 Å². The van der Waals surface area contributed by atoms with E-state index in [1.165, 1.54) is 18.7 Å². The highest BCUT2D eigenvalue weighted by Gasteiger charge is 2.15. The van der Waals surface area contributed by atoms with E-state index in [0.29, 0.717) is 11.4 Å². The first-order chi connectivity index (χ1) is 4.88. The molecular weight excluding hydrogens is 130 g/mol. The van der Waals surface area contributed by atoms with Crippen molar-refractivity contribution in [2.24, 2.45) is 4.99 Å². The molecule has 0 amide bonds. The van der Waals surface area contributed by atoms with E-state index in [0.717, 1.165) is 0 Å². The highest BCUT2D eigenvalue weighted by Crippen LogP contribution is 2.17. The van der Waals surface area contributed by atoms with Crippen molar-refractivity contribution < 1.29 is 4.79 Å². The molecule has 0 aromatic carbocycles. The highest BCUT2D eigenvalue weighted by atomic mass is 16.1. The molecule has 0 radical (unpaired) electrons. The van der Waals surface area contributed by atoms with Crippen LogP contribution in [0.25, 0.3) is 0 Å². The standard InChI is InChI=1S/C6H3N3O/c10-5-2-8-6-4(5)1-7-3-9-6/h1-3H. The fourth-order valence-corrected chi connectivity index (χ4v) is 0.789. The number of nitrogens with zero attached hydrogens (tertiary/aromatic N) is 3. The van der Waals surface area contributed by atoms with Crippen molar-refractivity contribution in [1.82, 2.24) is 9.97 Å². The number of carbonyl (C=O) groups excluding carboxylic acids is 1. The predicted molar refractivity (Wildman–Crippen MR) is 34.5 cm³/mol. The van der Waals surface area contributed by atoms with E-state index in [9.17, 15) is 4.79 Å². The molecule has 4 heteroatoms. The van der Waals surface area contributed by atoms with Crippen LogP contribution in [0.3, 0.4) is 0 Å². The van der Waals surface area contributed by atoms with Crippen LogP contribution in [0.2, 0.25) is 0 Å². The van der Waals surface area contributed by atoms with Gasteiger partial charge in [-0.15, -0.1) is 0 Å². The van der Waals surface area contributed by atoms with Gasteiger partial charge in [-0.05, 0) is 0 Å². The molecule has 0 spiro atoms. The lowest BCUT2D eigenvalue weighted by molar-refractivity contribution is 0.107. The summed E-state index contributed by atoms with van der Waals surface area (Å²) in [6, 6.07) is 0. The largest absolute Gasteiger partial charge is 0.287 e. The van der Waals surface area contributed by atoms with Crippen molar-refractivity contribution in [3.8, 4) is 0 Å². The second-order valence-corrected chi connectivity index (χ2v) is 1.88. The number of aliphatic imine (C=N–C) groups is 1. The van der Waals surface area contributed by atoms with Crippen molar-refractivity contribution in [3.63, 3.8) is 0 Å². The van der Waals surface area contributed by atoms with Crippen LogP contribution < -0.4 is 0 Å². The smallest absolute Gasteiger partial charge is 0.209 e. The molecule has 48 valence electrons. The molecule has 10 heavy (non-hydrogen) atoms. The van der Waals surface area contributed by atoms with Gasteiger partial charge in [0, 0.05) is 6.20 Å². The van der Waals surface area contributed by atoms with Crippen LogP contribution in [0.4, 0.5) is 5.82 Å². The van der Waals surface area contributed by atoms with Crippen LogP contribution in [0, 0.1) is 0 Å². The van der Waals surface area contributed by atoms with Crippen molar-refractivity contribution in [3.05, 3.63) is 18.1 Å². The zero-order valence-corrected chi connectivity index (χ0v) is 4.98. The fraction of sp³-hybridized carbons (Fsp3) is 0. The number of hydrogen-bond donors (Lipinski definition) is 0. The van der Waals surface area contributed by atoms with Gasteiger partial charge in [0.1, 0.15) is 6.33 Å². The summed E-state index contributed by atoms with van der Waals surface area (Å²) in [7, 11) is 0. The number of aromatic nitrogens is 2. The topological polar surface area (TPSA) is 55.2 Å². The van der Waals surface area contributed by atoms with E-state index in [2.05, 4.69) is 15.0 Å². The average Bonchev–Trinajstić information content (AvgIpc) is 2.34. The van der Waals surface area contributed by atoms with Crippen LogP contribution in [0.1, 0.15) is 10.4 Å². The Balaban J connectivity index is 2.70. The Labute approximate surface area is 56.7 Å². The van der Waals surface area contributed by atoms with Crippen LogP contribution in [0.5, 0.6) is 0 Å². The van der Waals surface area contributed by atoms with Gasteiger partial charge in [-0.1, -0.05) is 0 Å². The lowest BCUT2D eigenvalue weighted by Crippen LogP contribution is -1.94. The van der Waals surface area contributed by atoms with E-state index in [1.54, 1.807) is 0 Å². The summed E-state index contributed by atoms with van der Waals surface area (Å²) in [5.74, 6) is 0.357. The molecule has 1 aromatic rings. The Morgan fingerprint density at radius 1 is 1.40 bits per heavy atom. The SMILES string of the molecule is O=C1C=Nc2ncncc21. The molecule has 1 aromatic heterocycles. The monoisotopic (exact) mass is 133 g/mol. The zero-order valence-electron chi connectivity index (χ0n) is 4.98. The van der Waals surface area contributed by atoms with Crippen LogP contribution in [0.15, 0.2) is 17.5 Å². The van der Waals surface area contributed by atoms with E-state index < -0.39 is 0 Å². The minimum absolute atomic E-state index is 0.115. The zero-order chi connectivity index (χ0) is 6.97. The molecule has 2 heterocycles. The molecule has 2 rings (SSSR count). The number of ketones is 1. The van der Waals surface area contributed by atoms with Crippen LogP contribution in [-0.4, -0.2) is 22.0 Å². The molecule has 0 unspecified atom stereocenters. The highest BCUT2D eigenvalue weighted by molar-refractivity contribution is 6.39. The molecule has 0 aliphatic carbocycles. The molecule has 0 saturated carbocycles. The molecule has 1 aliphatic rings. The fourth-order valence-electron chi connectivity index (χ4n) is 0.789. The maximum atomic E-state index is 10.8. The first-order valence-corrected chi connectivity index (χ1v) is 2.76. The molecule has 0 fully saturated rings. The Morgan fingerprint density at radius 3 is 3.10 bits per heavy atom. The van der Waals surface area contributed by atoms with Gasteiger partial charge < -0.3 is 0 Å². The second kappa shape index (κ2) is 1.70. The quantitative estimate of drug-likeness (QED) is 0.514. The van der Waals surface area contributed by atoms with Crippen molar-refractivity contribution >= 4 is 17.8 Å². The minimum Gasteiger partial charge on any atom is -0.287 e. The summed E-state index contributed by atoms with van der Waals surface area (Å²) in [5, 5.41) is 0. The molecule has 0 atom stereocenters. The van der Waals surface area contributed by atoms with Gasteiger partial charge >= 0.3 is 0 Å². The Kier molecular flexibility index (Phi) is 0.887. The minimum atomic E-state index is -0.115. The number of fused-ring (bicyclic) bond motifs is 1. The van der Waals surface area contributed by atoms with E-state index in [-0.39, 0.29) is 5.78 Å². The summed E-state index contributed by atoms with van der Waals surface area (Å²) in [4.78, 5) is 22.1. The summed E-state index contributed by atoms with van der Waals surface area (Å²) in [6.45, 7) is 0. The molecular formula is C6H3N3O. The summed E-state index contributed by atoms with van der Waals surface area (Å²) in [5.41, 5.74) is 0.488. The third-order valence-electron chi connectivity index (χ3n) is 1.26. The Bertz CT molecular complexity index is 319. The van der Waals surface area contributed by atoms with Gasteiger partial charge in [-0.25, -0.2) is 15.0 Å². The maximum absolute atomic E-state index is 10.8. The third-order valence-corrected chi connectivity index (χ3v) is 1.26. The number of Topliss-reactive ketones (excluding diaryl/α,β-unsaturated/α-hetero) is 1. The Morgan fingerprint density at radius 2 is 2.30 bits per heavy atom. The average molecular weight is 133 g/mol. The van der Waals surface area contributed by atoms with Gasteiger partial charge in [0.2, 0.25) is 5.78 Å². The lowest BCUT2D eigenvalue weighted by Gasteiger charge is -1.88. The van der Waals surface area contributed by atoms with Gasteiger partial charge in [0.25, 0.3) is 0 Å². The van der Waals surface area contributed by atoms with Crippen LogP contribution >= 0.6 is 0 Å². The van der Waals surface area contributed by atoms with Crippen molar-refractivity contribution in [2.45, 2.75) is 0 Å². The van der Waals surface area contributed by atoms with E-state index in [4.69, 9.17) is 0 Å². The van der Waals surface area contributed by atoms with Gasteiger partial charge in [-0.3, -0.25) is 4.79 Å². The number of carbonyl (C=O) groups is 1. The van der Waals surface area contributed by atoms with Crippen molar-refractivity contribution in [2.75, 3.05) is 0 Å². The van der Waals surface area contributed by atoms with Gasteiger partial charge in [0.05, 0.1) is 11.8 Å². The Hall–Kier alpha value is -1.58. The number of hydrogen-bond acceptors (Lipinski definition) is 4. The summed E-state index contributed by atoms with van der Waals surface area (Å²) >= 11 is 0. The molecule has 4 nitrogen and oxygen atoms in total. The molecule has 0 N–H and O–H groups in total. The summed E-state index contributed by atoms with van der Waals surface area (Å²) < 4.78 is 0. The van der Waals surface area contributed by atoms with E-state index in [1.807, 2.05) is 0 Å². The molecule has 1 aliphatic heterocycles. The molecule has 0 bridgehead atoms. The van der Waals surface area contributed by atoms with E-state index >= 15 is 0 Å². The lowest BCUT2D eigenvalue weighted by atomic mass is 10.2. The third kappa shape index (κ3) is 0.556. The second-order valence-electron chi connectivity index (χ2n) is 1.88. The van der Waals surface area contributed by atoms with Gasteiger partial charge in [-0.2, -0.15) is 0 Å². The normalized spacial score (nSPS) is 13.8. The van der Waals surface area contributed by atoms with Crippen molar-refractivity contribution in [1.29, 1.82) is 0 Å². The van der Waals surface area contributed by atoms with Gasteiger partial charge in [0.15, 0.2) is 5.82 Å². The first kappa shape index (κ1) is 5.22. The number of rotatable bonds is 0. The summed E-state index contributed by atoms with van der Waals surface area (Å²) in [6.07, 6.45) is 4.09.